The predicted octanol–water partition coefficient (Wildman–Crippen LogP) is 2.59. The van der Waals surface area contributed by atoms with Gasteiger partial charge in [0.2, 0.25) is 0 Å². The van der Waals surface area contributed by atoms with Crippen molar-refractivity contribution in [1.29, 1.82) is 0 Å². The second kappa shape index (κ2) is 6.78. The molecule has 0 amide bonds. The largest absolute Gasteiger partial charge is 0.376 e. The van der Waals surface area contributed by atoms with Crippen LogP contribution in [0.5, 0.6) is 0 Å². The summed E-state index contributed by atoms with van der Waals surface area (Å²) < 4.78 is 7.32. The molecule has 0 spiro atoms. The number of hydrogen-bond acceptors (Lipinski definition) is 5. The van der Waals surface area contributed by atoms with Crippen LogP contribution in [-0.4, -0.2) is 32.5 Å². The Morgan fingerprint density at radius 3 is 3.12 bits per heavy atom. The lowest BCUT2D eigenvalue weighted by Crippen LogP contribution is -2.24. The van der Waals surface area contributed by atoms with Gasteiger partial charge in [0.1, 0.15) is 0 Å². The Balaban J connectivity index is 1.54. The van der Waals surface area contributed by atoms with Crippen molar-refractivity contribution in [3.63, 3.8) is 0 Å². The van der Waals surface area contributed by atoms with E-state index in [1.54, 1.807) is 22.5 Å². The van der Waals surface area contributed by atoms with Crippen molar-refractivity contribution >= 4 is 22.7 Å². The second-order valence-corrected chi connectivity index (χ2v) is 6.78. The van der Waals surface area contributed by atoms with Crippen molar-refractivity contribution < 1.29 is 4.74 Å². The fourth-order valence-electron chi connectivity index (χ4n) is 2.99. The predicted molar refractivity (Wildman–Crippen MR) is 93.1 cm³/mol. The lowest BCUT2D eigenvalue weighted by molar-refractivity contribution is 0.0941. The Morgan fingerprint density at radius 2 is 2.25 bits per heavy atom. The van der Waals surface area contributed by atoms with E-state index in [4.69, 9.17) is 4.74 Å². The number of aromatic amines is 1. The Labute approximate surface area is 143 Å². The van der Waals surface area contributed by atoms with Crippen molar-refractivity contribution in [2.45, 2.75) is 36.4 Å². The first-order chi connectivity index (χ1) is 11.8. The molecule has 2 aromatic heterocycles. The van der Waals surface area contributed by atoms with E-state index in [2.05, 4.69) is 33.4 Å². The Bertz CT molecular complexity index is 893. The molecule has 6 nitrogen and oxygen atoms in total. The third-order valence-corrected chi connectivity index (χ3v) is 5.23. The fourth-order valence-corrected chi connectivity index (χ4v) is 3.93. The van der Waals surface area contributed by atoms with Crippen molar-refractivity contribution in [1.82, 2.24) is 19.7 Å². The summed E-state index contributed by atoms with van der Waals surface area (Å²) >= 11 is 1.54. The zero-order valence-corrected chi connectivity index (χ0v) is 14.0. The number of H-pyrrole nitrogens is 1. The van der Waals surface area contributed by atoms with Crippen LogP contribution in [0.1, 0.15) is 18.4 Å². The normalized spacial score (nSPS) is 17.6. The van der Waals surface area contributed by atoms with Crippen molar-refractivity contribution in [3.8, 4) is 0 Å². The highest BCUT2D eigenvalue weighted by atomic mass is 32.2. The summed E-state index contributed by atoms with van der Waals surface area (Å²) in [6.07, 6.45) is 3.97. The standard InChI is InChI=1S/C17H18N4O2S/c22-16-19-20-17(21(16)10-14-7-3-9-23-14)24-11-13-5-1-4-12-6-2-8-18-15(12)13/h1-2,4-6,8,14H,3,7,9-11H2,(H,19,22). The minimum atomic E-state index is -0.177. The molecule has 3 aromatic rings. The highest BCUT2D eigenvalue weighted by molar-refractivity contribution is 7.98. The van der Waals surface area contributed by atoms with Crippen LogP contribution in [0.3, 0.4) is 0 Å². The number of pyridine rings is 1. The maximum absolute atomic E-state index is 12.0. The summed E-state index contributed by atoms with van der Waals surface area (Å²) in [5.74, 6) is 0.712. The van der Waals surface area contributed by atoms with Gasteiger partial charge in [-0.2, -0.15) is 0 Å². The van der Waals surface area contributed by atoms with Crippen LogP contribution in [0.15, 0.2) is 46.5 Å². The van der Waals surface area contributed by atoms with E-state index >= 15 is 0 Å². The molecule has 0 radical (unpaired) electrons. The molecular formula is C17H18N4O2S. The van der Waals surface area contributed by atoms with Crippen LogP contribution in [0.4, 0.5) is 0 Å². The van der Waals surface area contributed by atoms with Crippen LogP contribution in [-0.2, 0) is 17.0 Å². The molecule has 1 aliphatic rings. The Morgan fingerprint density at radius 1 is 1.33 bits per heavy atom. The molecule has 1 fully saturated rings. The number of aromatic nitrogens is 4. The Kier molecular flexibility index (Phi) is 4.36. The molecule has 0 saturated carbocycles. The first kappa shape index (κ1) is 15.4. The highest BCUT2D eigenvalue weighted by Gasteiger charge is 2.19. The molecular weight excluding hydrogens is 324 g/mol. The van der Waals surface area contributed by atoms with Crippen molar-refractivity contribution in [3.05, 3.63) is 52.6 Å². The van der Waals surface area contributed by atoms with E-state index in [-0.39, 0.29) is 11.8 Å². The monoisotopic (exact) mass is 342 g/mol. The summed E-state index contributed by atoms with van der Waals surface area (Å²) in [5, 5.41) is 8.53. The van der Waals surface area contributed by atoms with Gasteiger partial charge in [0, 0.05) is 23.9 Å². The molecule has 24 heavy (non-hydrogen) atoms. The van der Waals surface area contributed by atoms with E-state index in [0.29, 0.717) is 17.5 Å². The number of hydrogen-bond donors (Lipinski definition) is 1. The first-order valence-corrected chi connectivity index (χ1v) is 9.02. The lowest BCUT2D eigenvalue weighted by Gasteiger charge is -2.11. The molecule has 7 heteroatoms. The molecule has 0 aliphatic carbocycles. The maximum atomic E-state index is 12.0. The minimum Gasteiger partial charge on any atom is -0.376 e. The number of benzene rings is 1. The van der Waals surface area contributed by atoms with Crippen LogP contribution in [0.2, 0.25) is 0 Å². The number of nitrogens with one attached hydrogen (secondary N) is 1. The van der Waals surface area contributed by atoms with Crippen LogP contribution >= 0.6 is 11.8 Å². The smallest absolute Gasteiger partial charge is 0.344 e. The van der Waals surface area contributed by atoms with Crippen LogP contribution in [0, 0.1) is 0 Å². The first-order valence-electron chi connectivity index (χ1n) is 8.03. The fraction of sp³-hybridized carbons (Fsp3) is 0.353. The van der Waals surface area contributed by atoms with E-state index in [1.807, 2.05) is 12.1 Å². The third kappa shape index (κ3) is 3.09. The summed E-state index contributed by atoms with van der Waals surface area (Å²) in [4.78, 5) is 16.5. The van der Waals surface area contributed by atoms with Gasteiger partial charge >= 0.3 is 5.69 Å². The molecule has 1 unspecified atom stereocenters. The summed E-state index contributed by atoms with van der Waals surface area (Å²) in [6, 6.07) is 10.1. The van der Waals surface area contributed by atoms with E-state index in [1.165, 1.54) is 0 Å². The molecule has 1 saturated heterocycles. The molecule has 124 valence electrons. The molecule has 1 aliphatic heterocycles. The van der Waals surface area contributed by atoms with Gasteiger partial charge in [-0.1, -0.05) is 36.0 Å². The zero-order chi connectivity index (χ0) is 16.4. The topological polar surface area (TPSA) is 72.8 Å². The van der Waals surface area contributed by atoms with E-state index in [9.17, 15) is 4.79 Å². The van der Waals surface area contributed by atoms with Gasteiger partial charge in [0.15, 0.2) is 5.16 Å². The second-order valence-electron chi connectivity index (χ2n) is 5.84. The quantitative estimate of drug-likeness (QED) is 0.722. The number of thioether (sulfide) groups is 1. The average molecular weight is 342 g/mol. The van der Waals surface area contributed by atoms with Gasteiger partial charge in [-0.15, -0.1) is 5.10 Å². The van der Waals surface area contributed by atoms with E-state index in [0.717, 1.165) is 35.9 Å². The van der Waals surface area contributed by atoms with Gasteiger partial charge in [-0.3, -0.25) is 9.55 Å². The molecule has 0 bridgehead atoms. The minimum absolute atomic E-state index is 0.110. The summed E-state index contributed by atoms with van der Waals surface area (Å²) in [7, 11) is 0. The van der Waals surface area contributed by atoms with Gasteiger partial charge in [0.05, 0.1) is 18.2 Å². The summed E-state index contributed by atoms with van der Waals surface area (Å²) in [6.45, 7) is 1.34. The number of para-hydroxylation sites is 1. The van der Waals surface area contributed by atoms with Gasteiger partial charge < -0.3 is 4.74 Å². The number of fused-ring (bicyclic) bond motifs is 1. The van der Waals surface area contributed by atoms with Crippen LogP contribution < -0.4 is 5.69 Å². The highest BCUT2D eigenvalue weighted by Crippen LogP contribution is 2.25. The maximum Gasteiger partial charge on any atom is 0.344 e. The lowest BCUT2D eigenvalue weighted by atomic mass is 10.1. The van der Waals surface area contributed by atoms with Crippen molar-refractivity contribution in [2.75, 3.05) is 6.61 Å². The SMILES string of the molecule is O=c1[nH]nc(SCc2cccc3cccnc23)n1CC1CCCO1. The number of rotatable bonds is 5. The number of ether oxygens (including phenoxy) is 1. The van der Waals surface area contributed by atoms with Gasteiger partial charge in [-0.25, -0.2) is 9.89 Å². The third-order valence-electron chi connectivity index (χ3n) is 4.21. The molecule has 3 heterocycles. The Hall–Kier alpha value is -2.12. The van der Waals surface area contributed by atoms with Gasteiger partial charge in [0.25, 0.3) is 0 Å². The van der Waals surface area contributed by atoms with Crippen LogP contribution in [0.25, 0.3) is 10.9 Å². The average Bonchev–Trinajstić information content (AvgIpc) is 3.24. The molecule has 4 rings (SSSR count). The molecule has 1 N–H and O–H groups in total. The number of nitrogens with zero attached hydrogens (tertiary/aromatic N) is 3. The zero-order valence-electron chi connectivity index (χ0n) is 13.1. The van der Waals surface area contributed by atoms with E-state index < -0.39 is 0 Å². The summed E-state index contributed by atoms with van der Waals surface area (Å²) in [5.41, 5.74) is 1.96. The molecule has 1 atom stereocenters. The van der Waals surface area contributed by atoms with Crippen molar-refractivity contribution in [2.24, 2.45) is 0 Å². The molecule has 1 aromatic carbocycles. The van der Waals surface area contributed by atoms with Gasteiger partial charge in [-0.05, 0) is 24.5 Å².